The van der Waals surface area contributed by atoms with E-state index in [1.165, 1.54) is 12.3 Å². The molecular formula is C15H24FN3O. The molecule has 5 heteroatoms. The molecule has 0 aromatic carbocycles. The van der Waals surface area contributed by atoms with Crippen molar-refractivity contribution in [3.63, 3.8) is 0 Å². The smallest absolute Gasteiger partial charge is 0.141 e. The molecule has 0 aliphatic carbocycles. The molecule has 2 heterocycles. The van der Waals surface area contributed by atoms with Crippen LogP contribution in [0.2, 0.25) is 0 Å². The van der Waals surface area contributed by atoms with Crippen molar-refractivity contribution in [3.05, 3.63) is 29.8 Å². The molecule has 1 aliphatic heterocycles. The van der Waals surface area contributed by atoms with Gasteiger partial charge in [-0.25, -0.2) is 4.39 Å². The number of aromatic nitrogens is 1. The van der Waals surface area contributed by atoms with Crippen molar-refractivity contribution in [2.45, 2.75) is 44.9 Å². The number of hydrogen-bond donors (Lipinski definition) is 1. The predicted molar refractivity (Wildman–Crippen MR) is 76.8 cm³/mol. The Morgan fingerprint density at radius 3 is 3.00 bits per heavy atom. The molecule has 0 amide bonds. The summed E-state index contributed by atoms with van der Waals surface area (Å²) in [5, 5.41) is 0. The van der Waals surface area contributed by atoms with E-state index in [2.05, 4.69) is 23.7 Å². The minimum absolute atomic E-state index is 0.147. The van der Waals surface area contributed by atoms with E-state index in [9.17, 15) is 4.39 Å². The topological polar surface area (TPSA) is 51.4 Å². The zero-order valence-corrected chi connectivity index (χ0v) is 12.3. The third kappa shape index (κ3) is 3.98. The molecule has 2 N–H and O–H groups in total. The van der Waals surface area contributed by atoms with E-state index >= 15 is 0 Å². The van der Waals surface area contributed by atoms with E-state index < -0.39 is 0 Å². The normalized spacial score (nSPS) is 25.6. The Balaban J connectivity index is 1.88. The molecule has 20 heavy (non-hydrogen) atoms. The third-order valence-electron chi connectivity index (χ3n) is 3.91. The van der Waals surface area contributed by atoms with Gasteiger partial charge in [0.05, 0.1) is 24.6 Å². The van der Waals surface area contributed by atoms with Crippen LogP contribution in [0.4, 0.5) is 4.39 Å². The van der Waals surface area contributed by atoms with Gasteiger partial charge in [0, 0.05) is 25.2 Å². The fraction of sp³-hybridized carbons (Fsp3) is 0.667. The van der Waals surface area contributed by atoms with Gasteiger partial charge in [0.2, 0.25) is 0 Å². The molecule has 1 saturated heterocycles. The van der Waals surface area contributed by atoms with E-state index in [0.29, 0.717) is 6.04 Å². The van der Waals surface area contributed by atoms with E-state index in [1.807, 2.05) is 0 Å². The Bertz CT molecular complexity index is 412. The molecule has 1 aliphatic rings. The van der Waals surface area contributed by atoms with Crippen LogP contribution in [0.5, 0.6) is 0 Å². The summed E-state index contributed by atoms with van der Waals surface area (Å²) in [6, 6.07) is 3.40. The lowest BCUT2D eigenvalue weighted by Gasteiger charge is -2.38. The van der Waals surface area contributed by atoms with Crippen molar-refractivity contribution in [1.29, 1.82) is 0 Å². The highest BCUT2D eigenvalue weighted by molar-refractivity contribution is 5.09. The van der Waals surface area contributed by atoms with E-state index in [-0.39, 0.29) is 18.0 Å². The van der Waals surface area contributed by atoms with Crippen LogP contribution in [0, 0.1) is 5.82 Å². The Labute approximate surface area is 120 Å². The van der Waals surface area contributed by atoms with Gasteiger partial charge in [0.1, 0.15) is 5.82 Å². The average Bonchev–Trinajstić information content (AvgIpc) is 2.45. The molecule has 0 spiro atoms. The van der Waals surface area contributed by atoms with Gasteiger partial charge in [-0.2, -0.15) is 0 Å². The van der Waals surface area contributed by atoms with Gasteiger partial charge in [-0.15, -0.1) is 0 Å². The van der Waals surface area contributed by atoms with Crippen LogP contribution < -0.4 is 5.73 Å². The van der Waals surface area contributed by atoms with Crippen molar-refractivity contribution in [2.24, 2.45) is 5.73 Å². The Morgan fingerprint density at radius 1 is 1.55 bits per heavy atom. The standard InChI is InChI=1S/C15H24FN3O/c1-3-13-10-20-11(2)9-19(13)7-6-14(17)15-5-4-12(16)8-18-15/h4-5,8,11,13-14H,3,6-7,9-10,17H2,1-2H3. The van der Waals surface area contributed by atoms with Crippen LogP contribution in [0.1, 0.15) is 38.4 Å². The quantitative estimate of drug-likeness (QED) is 0.898. The summed E-state index contributed by atoms with van der Waals surface area (Å²) in [6.45, 7) is 6.94. The van der Waals surface area contributed by atoms with E-state index in [1.54, 1.807) is 6.07 Å². The molecule has 1 fully saturated rings. The lowest BCUT2D eigenvalue weighted by atomic mass is 10.1. The maximum Gasteiger partial charge on any atom is 0.141 e. The predicted octanol–water partition coefficient (Wildman–Crippen LogP) is 2.11. The lowest BCUT2D eigenvalue weighted by Crippen LogP contribution is -2.49. The molecule has 0 bridgehead atoms. The third-order valence-corrected chi connectivity index (χ3v) is 3.91. The van der Waals surface area contributed by atoms with Crippen molar-refractivity contribution in [2.75, 3.05) is 19.7 Å². The first-order valence-corrected chi connectivity index (χ1v) is 7.32. The second kappa shape index (κ2) is 7.11. The highest BCUT2D eigenvalue weighted by atomic mass is 19.1. The molecule has 2 rings (SSSR count). The number of ether oxygens (including phenoxy) is 1. The number of nitrogens with zero attached hydrogens (tertiary/aromatic N) is 2. The molecule has 4 nitrogen and oxygen atoms in total. The number of pyridine rings is 1. The molecule has 3 unspecified atom stereocenters. The first kappa shape index (κ1) is 15.4. The summed E-state index contributed by atoms with van der Waals surface area (Å²) >= 11 is 0. The van der Waals surface area contributed by atoms with Gasteiger partial charge in [0.15, 0.2) is 0 Å². The van der Waals surface area contributed by atoms with Crippen molar-refractivity contribution in [3.8, 4) is 0 Å². The largest absolute Gasteiger partial charge is 0.376 e. The van der Waals surface area contributed by atoms with Gasteiger partial charge in [-0.3, -0.25) is 9.88 Å². The molecule has 1 aromatic rings. The van der Waals surface area contributed by atoms with Crippen LogP contribution in [0.3, 0.4) is 0 Å². The number of hydrogen-bond acceptors (Lipinski definition) is 4. The molecule has 1 aromatic heterocycles. The summed E-state index contributed by atoms with van der Waals surface area (Å²) in [5.41, 5.74) is 6.89. The van der Waals surface area contributed by atoms with Gasteiger partial charge >= 0.3 is 0 Å². The monoisotopic (exact) mass is 281 g/mol. The Hall–Kier alpha value is -1.04. The summed E-state index contributed by atoms with van der Waals surface area (Å²) in [4.78, 5) is 6.49. The lowest BCUT2D eigenvalue weighted by molar-refractivity contribution is -0.0564. The molecule has 3 atom stereocenters. The molecule has 0 saturated carbocycles. The summed E-state index contributed by atoms with van der Waals surface area (Å²) in [5.74, 6) is -0.325. The van der Waals surface area contributed by atoms with Crippen molar-refractivity contribution >= 4 is 0 Å². The SMILES string of the molecule is CCC1COC(C)CN1CCC(N)c1ccc(F)cn1. The molecular weight excluding hydrogens is 257 g/mol. The zero-order valence-electron chi connectivity index (χ0n) is 12.3. The van der Waals surface area contributed by atoms with Gasteiger partial charge < -0.3 is 10.5 Å². The molecule has 112 valence electrons. The minimum Gasteiger partial charge on any atom is -0.376 e. The maximum absolute atomic E-state index is 12.8. The van der Waals surface area contributed by atoms with Gasteiger partial charge in [-0.1, -0.05) is 6.92 Å². The summed E-state index contributed by atoms with van der Waals surface area (Å²) in [6.07, 6.45) is 3.40. The number of nitrogens with two attached hydrogens (primary N) is 1. The van der Waals surface area contributed by atoms with Crippen LogP contribution >= 0.6 is 0 Å². The first-order chi connectivity index (χ1) is 9.60. The zero-order chi connectivity index (χ0) is 14.5. The van der Waals surface area contributed by atoms with E-state index in [0.717, 1.165) is 38.2 Å². The second-order valence-electron chi connectivity index (χ2n) is 5.50. The number of rotatable bonds is 5. The molecule has 0 radical (unpaired) electrons. The Kier molecular flexibility index (Phi) is 5.46. The Morgan fingerprint density at radius 2 is 2.35 bits per heavy atom. The second-order valence-corrected chi connectivity index (χ2v) is 5.50. The fourth-order valence-corrected chi connectivity index (χ4v) is 2.62. The average molecular weight is 281 g/mol. The van der Waals surface area contributed by atoms with Crippen LogP contribution in [0.25, 0.3) is 0 Å². The summed E-state index contributed by atoms with van der Waals surface area (Å²) < 4.78 is 18.5. The van der Waals surface area contributed by atoms with Crippen LogP contribution in [-0.2, 0) is 4.74 Å². The summed E-state index contributed by atoms with van der Waals surface area (Å²) in [7, 11) is 0. The highest BCUT2D eigenvalue weighted by Gasteiger charge is 2.25. The van der Waals surface area contributed by atoms with Crippen molar-refractivity contribution in [1.82, 2.24) is 9.88 Å². The maximum atomic E-state index is 12.8. The van der Waals surface area contributed by atoms with Gasteiger partial charge in [0.25, 0.3) is 0 Å². The van der Waals surface area contributed by atoms with Crippen LogP contribution in [0.15, 0.2) is 18.3 Å². The highest BCUT2D eigenvalue weighted by Crippen LogP contribution is 2.18. The first-order valence-electron chi connectivity index (χ1n) is 7.32. The fourth-order valence-electron chi connectivity index (χ4n) is 2.62. The van der Waals surface area contributed by atoms with Crippen molar-refractivity contribution < 1.29 is 9.13 Å². The van der Waals surface area contributed by atoms with E-state index in [4.69, 9.17) is 10.5 Å². The van der Waals surface area contributed by atoms with Gasteiger partial charge in [-0.05, 0) is 31.9 Å². The number of morpholine rings is 1. The number of halogens is 1. The van der Waals surface area contributed by atoms with Crippen LogP contribution in [-0.4, -0.2) is 41.7 Å². The minimum atomic E-state index is -0.325.